The molecular formula is C10H12N4O2. The van der Waals surface area contributed by atoms with Crippen LogP contribution in [0.25, 0.3) is 11.3 Å². The molecule has 0 aliphatic carbocycles. The molecule has 0 unspecified atom stereocenters. The SMILES string of the molecule is CCn1cc(-c2cc(C(=O)OC)[nH]n2)cn1. The number of methoxy groups -OCH3 is 1. The summed E-state index contributed by atoms with van der Waals surface area (Å²) in [6.07, 6.45) is 3.58. The summed E-state index contributed by atoms with van der Waals surface area (Å²) in [6, 6.07) is 1.64. The van der Waals surface area contributed by atoms with Crippen LogP contribution < -0.4 is 0 Å². The van der Waals surface area contributed by atoms with Gasteiger partial charge in [-0.05, 0) is 13.0 Å². The lowest BCUT2D eigenvalue weighted by molar-refractivity contribution is 0.0594. The summed E-state index contributed by atoms with van der Waals surface area (Å²) in [4.78, 5) is 11.2. The first-order valence-electron chi connectivity index (χ1n) is 4.91. The summed E-state index contributed by atoms with van der Waals surface area (Å²) in [5.74, 6) is -0.429. The van der Waals surface area contributed by atoms with Crippen molar-refractivity contribution in [2.24, 2.45) is 0 Å². The van der Waals surface area contributed by atoms with Crippen molar-refractivity contribution in [2.75, 3.05) is 7.11 Å². The fraction of sp³-hybridized carbons (Fsp3) is 0.300. The summed E-state index contributed by atoms with van der Waals surface area (Å²) in [5, 5.41) is 10.8. The number of aromatic nitrogens is 4. The van der Waals surface area contributed by atoms with Crippen molar-refractivity contribution in [3.05, 3.63) is 24.2 Å². The van der Waals surface area contributed by atoms with Gasteiger partial charge in [0.15, 0.2) is 0 Å². The third-order valence-corrected chi connectivity index (χ3v) is 2.24. The Morgan fingerprint density at radius 3 is 3.06 bits per heavy atom. The molecule has 2 rings (SSSR count). The number of H-pyrrole nitrogens is 1. The number of ether oxygens (including phenoxy) is 1. The highest BCUT2D eigenvalue weighted by atomic mass is 16.5. The highest BCUT2D eigenvalue weighted by Gasteiger charge is 2.11. The Morgan fingerprint density at radius 2 is 2.44 bits per heavy atom. The van der Waals surface area contributed by atoms with Gasteiger partial charge >= 0.3 is 5.97 Å². The average Bonchev–Trinajstić information content (AvgIpc) is 2.95. The Hall–Kier alpha value is -2.11. The number of nitrogens with one attached hydrogen (secondary N) is 1. The number of rotatable bonds is 3. The summed E-state index contributed by atoms with van der Waals surface area (Å²) in [6.45, 7) is 2.80. The van der Waals surface area contributed by atoms with E-state index in [1.54, 1.807) is 16.9 Å². The molecule has 0 spiro atoms. The van der Waals surface area contributed by atoms with Crippen molar-refractivity contribution >= 4 is 5.97 Å². The summed E-state index contributed by atoms with van der Waals surface area (Å²) in [5.41, 5.74) is 1.88. The lowest BCUT2D eigenvalue weighted by Crippen LogP contribution is -2.00. The number of hydrogen-bond donors (Lipinski definition) is 1. The van der Waals surface area contributed by atoms with E-state index in [0.717, 1.165) is 12.1 Å². The van der Waals surface area contributed by atoms with E-state index in [1.165, 1.54) is 7.11 Å². The van der Waals surface area contributed by atoms with Crippen molar-refractivity contribution in [3.8, 4) is 11.3 Å². The lowest BCUT2D eigenvalue weighted by atomic mass is 10.2. The van der Waals surface area contributed by atoms with Gasteiger partial charge in [-0.1, -0.05) is 0 Å². The maximum atomic E-state index is 11.2. The normalized spacial score (nSPS) is 10.4. The molecule has 2 heterocycles. The van der Waals surface area contributed by atoms with E-state index in [-0.39, 0.29) is 0 Å². The van der Waals surface area contributed by atoms with Crippen LogP contribution in [0.1, 0.15) is 17.4 Å². The number of nitrogens with zero attached hydrogens (tertiary/aromatic N) is 3. The van der Waals surface area contributed by atoms with Crippen molar-refractivity contribution < 1.29 is 9.53 Å². The molecule has 16 heavy (non-hydrogen) atoms. The highest BCUT2D eigenvalue weighted by Crippen LogP contribution is 2.16. The van der Waals surface area contributed by atoms with Crippen LogP contribution in [0.15, 0.2) is 18.5 Å². The first-order chi connectivity index (χ1) is 7.74. The lowest BCUT2D eigenvalue weighted by Gasteiger charge is -1.91. The summed E-state index contributed by atoms with van der Waals surface area (Å²) >= 11 is 0. The fourth-order valence-corrected chi connectivity index (χ4v) is 1.35. The Labute approximate surface area is 92.2 Å². The number of hydrogen-bond acceptors (Lipinski definition) is 4. The second-order valence-corrected chi connectivity index (χ2v) is 3.24. The monoisotopic (exact) mass is 220 g/mol. The molecule has 0 radical (unpaired) electrons. The molecule has 0 aliphatic heterocycles. The minimum absolute atomic E-state index is 0.335. The molecule has 0 aromatic carbocycles. The van der Waals surface area contributed by atoms with Crippen LogP contribution in [0.3, 0.4) is 0 Å². The van der Waals surface area contributed by atoms with Gasteiger partial charge in [-0.15, -0.1) is 0 Å². The van der Waals surface area contributed by atoms with Gasteiger partial charge < -0.3 is 4.74 Å². The molecule has 0 saturated heterocycles. The molecule has 6 nitrogen and oxygen atoms in total. The van der Waals surface area contributed by atoms with Crippen LogP contribution in [-0.2, 0) is 11.3 Å². The summed E-state index contributed by atoms with van der Waals surface area (Å²) < 4.78 is 6.37. The van der Waals surface area contributed by atoms with Crippen molar-refractivity contribution in [1.82, 2.24) is 20.0 Å². The number of carbonyl (C=O) groups is 1. The van der Waals surface area contributed by atoms with Gasteiger partial charge in [0.25, 0.3) is 0 Å². The van der Waals surface area contributed by atoms with Crippen LogP contribution in [0.5, 0.6) is 0 Å². The van der Waals surface area contributed by atoms with E-state index in [2.05, 4.69) is 20.0 Å². The van der Waals surface area contributed by atoms with E-state index in [1.807, 2.05) is 13.1 Å². The molecule has 1 N–H and O–H groups in total. The predicted octanol–water partition coefficient (Wildman–Crippen LogP) is 1.08. The topological polar surface area (TPSA) is 72.8 Å². The van der Waals surface area contributed by atoms with Gasteiger partial charge in [0, 0.05) is 18.3 Å². The standard InChI is InChI=1S/C10H12N4O2/c1-3-14-6-7(5-11-14)8-4-9(13-12-8)10(15)16-2/h4-6H,3H2,1-2H3,(H,12,13). The minimum Gasteiger partial charge on any atom is -0.464 e. The maximum absolute atomic E-state index is 11.2. The molecular weight excluding hydrogens is 208 g/mol. The molecule has 0 bridgehead atoms. The van der Waals surface area contributed by atoms with E-state index in [9.17, 15) is 4.79 Å². The number of esters is 1. The molecule has 2 aromatic heterocycles. The predicted molar refractivity (Wildman–Crippen MR) is 56.8 cm³/mol. The molecule has 2 aromatic rings. The second kappa shape index (κ2) is 4.18. The average molecular weight is 220 g/mol. The zero-order valence-corrected chi connectivity index (χ0v) is 9.10. The van der Waals surface area contributed by atoms with Crippen LogP contribution in [0.2, 0.25) is 0 Å². The van der Waals surface area contributed by atoms with Crippen LogP contribution in [0, 0.1) is 0 Å². The van der Waals surface area contributed by atoms with E-state index < -0.39 is 5.97 Å². The van der Waals surface area contributed by atoms with Gasteiger partial charge in [0.2, 0.25) is 0 Å². The third-order valence-electron chi connectivity index (χ3n) is 2.24. The second-order valence-electron chi connectivity index (χ2n) is 3.24. The number of carbonyl (C=O) groups excluding carboxylic acids is 1. The minimum atomic E-state index is -0.429. The Balaban J connectivity index is 2.27. The largest absolute Gasteiger partial charge is 0.464 e. The first-order valence-corrected chi connectivity index (χ1v) is 4.91. The molecule has 0 aliphatic rings. The smallest absolute Gasteiger partial charge is 0.356 e. The molecule has 0 atom stereocenters. The summed E-state index contributed by atoms with van der Waals surface area (Å²) in [7, 11) is 1.33. The van der Waals surface area contributed by atoms with Gasteiger partial charge in [-0.2, -0.15) is 10.2 Å². The zero-order chi connectivity index (χ0) is 11.5. The molecule has 84 valence electrons. The van der Waals surface area contributed by atoms with Gasteiger partial charge in [-0.25, -0.2) is 4.79 Å². The van der Waals surface area contributed by atoms with Gasteiger partial charge in [0.05, 0.1) is 19.0 Å². The molecule has 0 saturated carbocycles. The molecule has 0 fully saturated rings. The Morgan fingerprint density at radius 1 is 1.62 bits per heavy atom. The third kappa shape index (κ3) is 1.81. The zero-order valence-electron chi connectivity index (χ0n) is 9.10. The van der Waals surface area contributed by atoms with Gasteiger partial charge in [0.1, 0.15) is 5.69 Å². The van der Waals surface area contributed by atoms with E-state index in [0.29, 0.717) is 11.4 Å². The van der Waals surface area contributed by atoms with Crippen molar-refractivity contribution in [3.63, 3.8) is 0 Å². The number of aromatic amines is 1. The highest BCUT2D eigenvalue weighted by molar-refractivity contribution is 5.88. The fourth-order valence-electron chi connectivity index (χ4n) is 1.35. The molecule has 6 heteroatoms. The first kappa shape index (κ1) is 10.4. The number of aryl methyl sites for hydroxylation is 1. The maximum Gasteiger partial charge on any atom is 0.356 e. The van der Waals surface area contributed by atoms with Crippen LogP contribution in [-0.4, -0.2) is 33.1 Å². The Bertz CT molecular complexity index is 500. The van der Waals surface area contributed by atoms with Gasteiger partial charge in [-0.3, -0.25) is 9.78 Å². The quantitative estimate of drug-likeness (QED) is 0.785. The Kier molecular flexibility index (Phi) is 2.72. The van der Waals surface area contributed by atoms with Crippen molar-refractivity contribution in [1.29, 1.82) is 0 Å². The van der Waals surface area contributed by atoms with E-state index in [4.69, 9.17) is 0 Å². The van der Waals surface area contributed by atoms with Crippen LogP contribution in [0.4, 0.5) is 0 Å². The molecule has 0 amide bonds. The van der Waals surface area contributed by atoms with E-state index >= 15 is 0 Å². The van der Waals surface area contributed by atoms with Crippen LogP contribution >= 0.6 is 0 Å². The van der Waals surface area contributed by atoms with Crippen molar-refractivity contribution in [2.45, 2.75) is 13.5 Å².